The van der Waals surface area contributed by atoms with Gasteiger partial charge in [-0.05, 0) is 37.1 Å². The summed E-state index contributed by atoms with van der Waals surface area (Å²) in [7, 11) is 1.73. The Balaban J connectivity index is 1.89. The number of piperazine rings is 1. The molecule has 0 aromatic heterocycles. The zero-order valence-corrected chi connectivity index (χ0v) is 12.3. The molecule has 1 heterocycles. The van der Waals surface area contributed by atoms with Gasteiger partial charge in [-0.1, -0.05) is 0 Å². The average Bonchev–Trinajstić information content (AvgIpc) is 2.43. The molecule has 1 fully saturated rings. The van der Waals surface area contributed by atoms with Crippen molar-refractivity contribution in [2.45, 2.75) is 13.8 Å². The maximum atomic E-state index is 5.44. The van der Waals surface area contributed by atoms with Crippen LogP contribution in [0.1, 0.15) is 11.1 Å². The van der Waals surface area contributed by atoms with Crippen molar-refractivity contribution < 1.29 is 4.74 Å². The second kappa shape index (κ2) is 6.78. The van der Waals surface area contributed by atoms with E-state index in [-0.39, 0.29) is 0 Å². The standard InChI is InChI=1S/C15H25N3O/c1-12-10-14(15(19-3)11-13(12)2)17-6-9-18-7-4-16-5-8-18/h10-11,16-17H,4-9H2,1-3H3. The molecule has 1 aromatic carbocycles. The molecule has 4 heteroatoms. The van der Waals surface area contributed by atoms with E-state index in [0.29, 0.717) is 0 Å². The SMILES string of the molecule is COc1cc(C)c(C)cc1NCCN1CCNCC1. The molecule has 0 aliphatic carbocycles. The maximum absolute atomic E-state index is 5.44. The quantitative estimate of drug-likeness (QED) is 0.846. The predicted octanol–water partition coefficient (Wildman–Crippen LogP) is 1.63. The van der Waals surface area contributed by atoms with Crippen molar-refractivity contribution in [3.63, 3.8) is 0 Å². The third-order valence-corrected chi connectivity index (χ3v) is 3.77. The van der Waals surface area contributed by atoms with Crippen LogP contribution < -0.4 is 15.4 Å². The molecule has 0 bridgehead atoms. The number of aryl methyl sites for hydroxylation is 2. The first-order chi connectivity index (χ1) is 9.20. The molecule has 0 spiro atoms. The van der Waals surface area contributed by atoms with Crippen LogP contribution in [0, 0.1) is 13.8 Å². The van der Waals surface area contributed by atoms with Crippen molar-refractivity contribution in [2.75, 3.05) is 51.7 Å². The second-order valence-electron chi connectivity index (χ2n) is 5.16. The van der Waals surface area contributed by atoms with E-state index < -0.39 is 0 Å². The smallest absolute Gasteiger partial charge is 0.142 e. The van der Waals surface area contributed by atoms with Gasteiger partial charge in [0.1, 0.15) is 5.75 Å². The van der Waals surface area contributed by atoms with Crippen LogP contribution in [0.3, 0.4) is 0 Å². The van der Waals surface area contributed by atoms with Crippen molar-refractivity contribution in [3.8, 4) is 5.75 Å². The lowest BCUT2D eigenvalue weighted by molar-refractivity contribution is 0.249. The third-order valence-electron chi connectivity index (χ3n) is 3.77. The van der Waals surface area contributed by atoms with Gasteiger partial charge in [0.2, 0.25) is 0 Å². The lowest BCUT2D eigenvalue weighted by Gasteiger charge is -2.27. The van der Waals surface area contributed by atoms with Crippen molar-refractivity contribution in [3.05, 3.63) is 23.3 Å². The van der Waals surface area contributed by atoms with E-state index in [4.69, 9.17) is 4.74 Å². The molecule has 1 saturated heterocycles. The average molecular weight is 263 g/mol. The summed E-state index contributed by atoms with van der Waals surface area (Å²) in [5.74, 6) is 0.934. The van der Waals surface area contributed by atoms with E-state index in [1.165, 1.54) is 11.1 Å². The fourth-order valence-corrected chi connectivity index (χ4v) is 2.38. The highest BCUT2D eigenvalue weighted by Gasteiger charge is 2.09. The van der Waals surface area contributed by atoms with Crippen molar-refractivity contribution in [1.82, 2.24) is 10.2 Å². The molecule has 4 nitrogen and oxygen atoms in total. The highest BCUT2D eigenvalue weighted by molar-refractivity contribution is 5.60. The molecular weight excluding hydrogens is 238 g/mol. The zero-order chi connectivity index (χ0) is 13.7. The van der Waals surface area contributed by atoms with E-state index >= 15 is 0 Å². The van der Waals surface area contributed by atoms with Crippen LogP contribution in [0.2, 0.25) is 0 Å². The topological polar surface area (TPSA) is 36.5 Å². The Morgan fingerprint density at radius 2 is 1.89 bits per heavy atom. The number of hydrogen-bond donors (Lipinski definition) is 2. The number of anilines is 1. The van der Waals surface area contributed by atoms with Gasteiger partial charge < -0.3 is 15.4 Å². The number of nitrogens with zero attached hydrogens (tertiary/aromatic N) is 1. The predicted molar refractivity (Wildman–Crippen MR) is 80.3 cm³/mol. The molecule has 2 rings (SSSR count). The Bertz CT molecular complexity index is 414. The Labute approximate surface area is 116 Å². The van der Waals surface area contributed by atoms with Gasteiger partial charge in [0.15, 0.2) is 0 Å². The van der Waals surface area contributed by atoms with E-state index in [2.05, 4.69) is 41.5 Å². The highest BCUT2D eigenvalue weighted by Crippen LogP contribution is 2.27. The van der Waals surface area contributed by atoms with Gasteiger partial charge >= 0.3 is 0 Å². The first-order valence-corrected chi connectivity index (χ1v) is 7.03. The van der Waals surface area contributed by atoms with Crippen molar-refractivity contribution >= 4 is 5.69 Å². The Hall–Kier alpha value is -1.26. The van der Waals surface area contributed by atoms with E-state index in [1.807, 2.05) is 0 Å². The van der Waals surface area contributed by atoms with Crippen molar-refractivity contribution in [2.24, 2.45) is 0 Å². The second-order valence-corrected chi connectivity index (χ2v) is 5.16. The van der Waals surface area contributed by atoms with Crippen LogP contribution in [0.25, 0.3) is 0 Å². The number of nitrogens with one attached hydrogen (secondary N) is 2. The molecule has 1 aliphatic heterocycles. The molecule has 0 atom stereocenters. The minimum Gasteiger partial charge on any atom is -0.495 e. The summed E-state index contributed by atoms with van der Waals surface area (Å²) < 4.78 is 5.44. The Kier molecular flexibility index (Phi) is 5.05. The largest absolute Gasteiger partial charge is 0.495 e. The van der Waals surface area contributed by atoms with E-state index in [9.17, 15) is 0 Å². The monoisotopic (exact) mass is 263 g/mol. The number of methoxy groups -OCH3 is 1. The Morgan fingerprint density at radius 1 is 1.21 bits per heavy atom. The van der Waals surface area contributed by atoms with Crippen LogP contribution in [0.4, 0.5) is 5.69 Å². The van der Waals surface area contributed by atoms with Crippen LogP contribution in [-0.4, -0.2) is 51.3 Å². The number of hydrogen-bond acceptors (Lipinski definition) is 4. The van der Waals surface area contributed by atoms with E-state index in [0.717, 1.165) is 50.7 Å². The number of rotatable bonds is 5. The van der Waals surface area contributed by atoms with Gasteiger partial charge in [0.05, 0.1) is 12.8 Å². The van der Waals surface area contributed by atoms with Crippen LogP contribution in [0.15, 0.2) is 12.1 Å². The van der Waals surface area contributed by atoms with Gasteiger partial charge in [-0.3, -0.25) is 4.90 Å². The summed E-state index contributed by atoms with van der Waals surface area (Å²) in [5.41, 5.74) is 3.66. The summed E-state index contributed by atoms with van der Waals surface area (Å²) in [6.07, 6.45) is 0. The minimum atomic E-state index is 0.934. The molecule has 106 valence electrons. The molecule has 1 aliphatic rings. The lowest BCUT2D eigenvalue weighted by atomic mass is 10.1. The molecule has 0 amide bonds. The minimum absolute atomic E-state index is 0.934. The van der Waals surface area contributed by atoms with E-state index in [1.54, 1.807) is 7.11 Å². The van der Waals surface area contributed by atoms with Crippen molar-refractivity contribution in [1.29, 1.82) is 0 Å². The van der Waals surface area contributed by atoms with Crippen LogP contribution >= 0.6 is 0 Å². The summed E-state index contributed by atoms with van der Waals surface area (Å²) in [6, 6.07) is 4.27. The summed E-state index contributed by atoms with van der Waals surface area (Å²) >= 11 is 0. The molecule has 0 saturated carbocycles. The zero-order valence-electron chi connectivity index (χ0n) is 12.3. The first kappa shape index (κ1) is 14.2. The first-order valence-electron chi connectivity index (χ1n) is 7.03. The fourth-order valence-electron chi connectivity index (χ4n) is 2.38. The molecule has 0 unspecified atom stereocenters. The van der Waals surface area contributed by atoms with Gasteiger partial charge in [-0.15, -0.1) is 0 Å². The van der Waals surface area contributed by atoms with Gasteiger partial charge in [-0.25, -0.2) is 0 Å². The summed E-state index contributed by atoms with van der Waals surface area (Å²) in [6.45, 7) is 10.8. The summed E-state index contributed by atoms with van der Waals surface area (Å²) in [4.78, 5) is 2.48. The molecule has 2 N–H and O–H groups in total. The molecule has 0 radical (unpaired) electrons. The van der Waals surface area contributed by atoms with Gasteiger partial charge in [-0.2, -0.15) is 0 Å². The van der Waals surface area contributed by atoms with Crippen LogP contribution in [0.5, 0.6) is 5.75 Å². The van der Waals surface area contributed by atoms with Gasteiger partial charge in [0.25, 0.3) is 0 Å². The number of ether oxygens (including phenoxy) is 1. The molecule has 19 heavy (non-hydrogen) atoms. The summed E-state index contributed by atoms with van der Waals surface area (Å²) in [5, 5.41) is 6.87. The van der Waals surface area contributed by atoms with Gasteiger partial charge in [0, 0.05) is 39.3 Å². The highest BCUT2D eigenvalue weighted by atomic mass is 16.5. The Morgan fingerprint density at radius 3 is 2.58 bits per heavy atom. The lowest BCUT2D eigenvalue weighted by Crippen LogP contribution is -2.45. The third kappa shape index (κ3) is 3.85. The maximum Gasteiger partial charge on any atom is 0.142 e. The van der Waals surface area contributed by atoms with Crippen LogP contribution in [-0.2, 0) is 0 Å². The number of benzene rings is 1. The molecule has 1 aromatic rings. The molecular formula is C15H25N3O. The normalized spacial score (nSPS) is 16.4. The fraction of sp³-hybridized carbons (Fsp3) is 0.600.